The molecule has 49 heavy (non-hydrogen) atoms. The number of phenolic OH excluding ortho intramolecular Hbond substituents is 1. The van der Waals surface area contributed by atoms with Crippen molar-refractivity contribution in [2.24, 2.45) is 0 Å². The topological polar surface area (TPSA) is 176 Å². The predicted octanol–water partition coefficient (Wildman–Crippen LogP) is 7.06. The maximum atomic E-state index is 13.7. The lowest BCUT2D eigenvalue weighted by atomic mass is 9.85. The maximum Gasteiger partial charge on any atom is 0.347 e. The molecule has 0 bridgehead atoms. The standard InChI is InChI=1S/C36H40N2O9S2/c1-19-15-20(2)24(6)33(23(19)5)49(45,46)37-26-13-14-27(30(39)18-26)35(42)47-32-28(34(40)41)11-10-12-29(32)38-48(43,44)31-17-25(36(7,8)9)16-21(3)22(31)4/h10-18,37-39H,1-9H3,(H,40,41). The second kappa shape index (κ2) is 13.2. The Bertz CT molecular complexity index is 2210. The van der Waals surface area contributed by atoms with Crippen molar-refractivity contribution >= 4 is 43.4 Å². The molecular formula is C36H40N2O9S2. The number of aryl methyl sites for hydroxylation is 3. The monoisotopic (exact) mass is 708 g/mol. The van der Waals surface area contributed by atoms with Crippen molar-refractivity contribution in [1.29, 1.82) is 0 Å². The first-order valence-corrected chi connectivity index (χ1v) is 18.2. The number of anilines is 2. The zero-order chi connectivity index (χ0) is 36.8. The first kappa shape index (κ1) is 36.9. The number of carbonyl (C=O) groups excluding carboxylic acids is 1. The SMILES string of the molecule is Cc1cc(C(C)(C)C)cc(S(=O)(=O)Nc2cccc(C(=O)O)c2OC(=O)c2ccc(NS(=O)(=O)c3c(C)c(C)cc(C)c3C)cc2O)c1C. The summed E-state index contributed by atoms with van der Waals surface area (Å²) in [5, 5.41) is 20.7. The molecule has 0 aliphatic rings. The molecule has 11 nitrogen and oxygen atoms in total. The number of ether oxygens (including phenoxy) is 1. The van der Waals surface area contributed by atoms with Gasteiger partial charge in [0.05, 0.1) is 21.2 Å². The van der Waals surface area contributed by atoms with Gasteiger partial charge in [0.1, 0.15) is 16.9 Å². The van der Waals surface area contributed by atoms with Crippen molar-refractivity contribution in [2.45, 2.75) is 77.5 Å². The van der Waals surface area contributed by atoms with Gasteiger partial charge in [-0.2, -0.15) is 0 Å². The number of hydrogen-bond donors (Lipinski definition) is 4. The van der Waals surface area contributed by atoms with Crippen LogP contribution in [0.4, 0.5) is 11.4 Å². The third kappa shape index (κ3) is 7.57. The van der Waals surface area contributed by atoms with Gasteiger partial charge in [0.15, 0.2) is 5.75 Å². The summed E-state index contributed by atoms with van der Waals surface area (Å²) in [5.74, 6) is -3.99. The molecule has 4 N–H and O–H groups in total. The minimum absolute atomic E-state index is 0.0303. The van der Waals surface area contributed by atoms with Crippen LogP contribution in [0.3, 0.4) is 0 Å². The highest BCUT2D eigenvalue weighted by atomic mass is 32.2. The number of carboxylic acids is 1. The summed E-state index contributed by atoms with van der Waals surface area (Å²) >= 11 is 0. The van der Waals surface area contributed by atoms with Crippen molar-refractivity contribution in [1.82, 2.24) is 0 Å². The zero-order valence-corrected chi connectivity index (χ0v) is 30.4. The molecule has 4 rings (SSSR count). The number of rotatable bonds is 9. The number of nitrogens with one attached hydrogen (secondary N) is 2. The summed E-state index contributed by atoms with van der Waals surface area (Å²) in [6.07, 6.45) is 0. The molecule has 0 saturated heterocycles. The summed E-state index contributed by atoms with van der Waals surface area (Å²) in [6.45, 7) is 16.3. The Morgan fingerprint density at radius 1 is 0.714 bits per heavy atom. The number of aromatic carboxylic acids is 1. The molecule has 0 radical (unpaired) electrons. The van der Waals surface area contributed by atoms with E-state index in [9.17, 15) is 36.6 Å². The molecule has 0 atom stereocenters. The van der Waals surface area contributed by atoms with Crippen LogP contribution < -0.4 is 14.2 Å². The summed E-state index contributed by atoms with van der Waals surface area (Å²) < 4.78 is 64.5. The Balaban J connectivity index is 1.69. The Kier molecular flexibility index (Phi) is 9.96. The molecule has 4 aromatic carbocycles. The Hall–Kier alpha value is -4.88. The maximum absolute atomic E-state index is 13.7. The molecule has 0 fully saturated rings. The fourth-order valence-electron chi connectivity index (χ4n) is 5.34. The number of carboxylic acid groups (broad SMARTS) is 1. The Morgan fingerprint density at radius 2 is 1.31 bits per heavy atom. The minimum atomic E-state index is -4.33. The molecule has 0 aliphatic heterocycles. The number of phenols is 1. The second-order valence-electron chi connectivity index (χ2n) is 13.1. The molecule has 260 valence electrons. The molecule has 4 aromatic rings. The lowest BCUT2D eigenvalue weighted by Crippen LogP contribution is -2.20. The van der Waals surface area contributed by atoms with E-state index in [1.54, 1.807) is 47.6 Å². The summed E-state index contributed by atoms with van der Waals surface area (Å²) in [5.41, 5.74) is 3.00. The smallest absolute Gasteiger partial charge is 0.347 e. The van der Waals surface area contributed by atoms with Crippen LogP contribution in [0.15, 0.2) is 64.4 Å². The molecular weight excluding hydrogens is 669 g/mol. The highest BCUT2D eigenvalue weighted by Crippen LogP contribution is 2.36. The normalized spacial score (nSPS) is 12.0. The van der Waals surface area contributed by atoms with E-state index in [-0.39, 0.29) is 26.6 Å². The lowest BCUT2D eigenvalue weighted by Gasteiger charge is -2.23. The van der Waals surface area contributed by atoms with Gasteiger partial charge in [-0.3, -0.25) is 9.44 Å². The largest absolute Gasteiger partial charge is 0.507 e. The number of esters is 1. The van der Waals surface area contributed by atoms with Gasteiger partial charge in [0.25, 0.3) is 20.0 Å². The van der Waals surface area contributed by atoms with Crippen LogP contribution in [0.2, 0.25) is 0 Å². The van der Waals surface area contributed by atoms with Crippen molar-refractivity contribution in [3.8, 4) is 11.5 Å². The van der Waals surface area contributed by atoms with Gasteiger partial charge in [-0.05, 0) is 116 Å². The summed E-state index contributed by atoms with van der Waals surface area (Å²) in [6, 6.07) is 12.4. The highest BCUT2D eigenvalue weighted by Gasteiger charge is 2.28. The average Bonchev–Trinajstić information content (AvgIpc) is 2.97. The number of hydrogen-bond acceptors (Lipinski definition) is 8. The van der Waals surface area contributed by atoms with E-state index in [1.165, 1.54) is 18.2 Å². The molecule has 0 heterocycles. The third-order valence-corrected chi connectivity index (χ3v) is 11.6. The van der Waals surface area contributed by atoms with Crippen molar-refractivity contribution in [3.05, 3.63) is 105 Å². The van der Waals surface area contributed by atoms with Crippen LogP contribution >= 0.6 is 0 Å². The second-order valence-corrected chi connectivity index (χ2v) is 16.3. The fraction of sp³-hybridized carbons (Fsp3) is 0.278. The van der Waals surface area contributed by atoms with E-state index in [1.807, 2.05) is 32.9 Å². The van der Waals surface area contributed by atoms with Crippen LogP contribution in [-0.2, 0) is 25.5 Å². The quantitative estimate of drug-likeness (QED) is 0.105. The van der Waals surface area contributed by atoms with Crippen molar-refractivity contribution < 1.29 is 41.4 Å². The van der Waals surface area contributed by atoms with Gasteiger partial charge in [-0.1, -0.05) is 39.0 Å². The van der Waals surface area contributed by atoms with E-state index >= 15 is 0 Å². The Labute approximate surface area is 287 Å². The van der Waals surface area contributed by atoms with Crippen LogP contribution in [-0.4, -0.2) is 39.0 Å². The number of aromatic hydroxyl groups is 1. The first-order chi connectivity index (χ1) is 22.5. The van der Waals surface area contributed by atoms with Crippen LogP contribution in [0.25, 0.3) is 0 Å². The van der Waals surface area contributed by atoms with E-state index in [4.69, 9.17) is 4.74 Å². The van der Waals surface area contributed by atoms with Crippen molar-refractivity contribution in [3.63, 3.8) is 0 Å². The predicted molar refractivity (Wildman–Crippen MR) is 188 cm³/mol. The number of benzene rings is 4. The lowest BCUT2D eigenvalue weighted by molar-refractivity contribution is 0.0681. The number of sulfonamides is 2. The molecule has 13 heteroatoms. The molecule has 0 unspecified atom stereocenters. The summed E-state index contributed by atoms with van der Waals surface area (Å²) in [4.78, 5) is 25.6. The van der Waals surface area contributed by atoms with E-state index in [0.29, 0.717) is 16.7 Å². The minimum Gasteiger partial charge on any atom is -0.507 e. The van der Waals surface area contributed by atoms with Crippen LogP contribution in [0.5, 0.6) is 11.5 Å². The van der Waals surface area contributed by atoms with Gasteiger partial charge in [-0.15, -0.1) is 0 Å². The molecule has 0 spiro atoms. The van der Waals surface area contributed by atoms with Crippen molar-refractivity contribution in [2.75, 3.05) is 9.44 Å². The first-order valence-electron chi connectivity index (χ1n) is 15.2. The van der Waals surface area contributed by atoms with E-state index in [0.717, 1.165) is 40.5 Å². The molecule has 0 aromatic heterocycles. The number of carbonyl (C=O) groups is 2. The van der Waals surface area contributed by atoms with Crippen LogP contribution in [0.1, 0.15) is 80.4 Å². The van der Waals surface area contributed by atoms with Gasteiger partial charge in [0.2, 0.25) is 0 Å². The van der Waals surface area contributed by atoms with Gasteiger partial charge in [0, 0.05) is 6.07 Å². The summed E-state index contributed by atoms with van der Waals surface area (Å²) in [7, 11) is -8.43. The molecule has 0 amide bonds. The molecule has 0 aliphatic carbocycles. The fourth-order valence-corrected chi connectivity index (χ4v) is 8.41. The highest BCUT2D eigenvalue weighted by molar-refractivity contribution is 7.93. The van der Waals surface area contributed by atoms with Gasteiger partial charge >= 0.3 is 11.9 Å². The Morgan fingerprint density at radius 3 is 1.86 bits per heavy atom. The van der Waals surface area contributed by atoms with Gasteiger partial charge in [-0.25, -0.2) is 26.4 Å². The average molecular weight is 709 g/mol. The van der Waals surface area contributed by atoms with Crippen LogP contribution in [0, 0.1) is 41.5 Å². The zero-order valence-electron chi connectivity index (χ0n) is 28.8. The number of para-hydroxylation sites is 1. The third-order valence-electron chi connectivity index (χ3n) is 8.50. The van der Waals surface area contributed by atoms with E-state index < -0.39 is 54.6 Å². The van der Waals surface area contributed by atoms with E-state index in [2.05, 4.69) is 9.44 Å². The van der Waals surface area contributed by atoms with Gasteiger partial charge < -0.3 is 14.9 Å². The molecule has 0 saturated carbocycles.